The normalized spacial score (nSPS) is 19.0. The van der Waals surface area contributed by atoms with Crippen LogP contribution >= 0.6 is 11.6 Å². The Labute approximate surface area is 184 Å². The van der Waals surface area contributed by atoms with Crippen molar-refractivity contribution in [2.75, 3.05) is 0 Å². The van der Waals surface area contributed by atoms with E-state index in [-0.39, 0.29) is 18.4 Å². The molecule has 0 spiro atoms. The lowest BCUT2D eigenvalue weighted by Gasteiger charge is -2.38. The third-order valence-corrected chi connectivity index (χ3v) is 5.86. The van der Waals surface area contributed by atoms with Crippen LogP contribution in [0.3, 0.4) is 0 Å². The molecule has 0 amide bonds. The van der Waals surface area contributed by atoms with Crippen molar-refractivity contribution in [3.05, 3.63) is 69.8 Å². The Morgan fingerprint density at radius 3 is 2.23 bits per heavy atom. The Kier molecular flexibility index (Phi) is 6.34. The Morgan fingerprint density at radius 1 is 1.06 bits per heavy atom. The van der Waals surface area contributed by atoms with Crippen molar-refractivity contribution < 1.29 is 29.7 Å². The lowest BCUT2D eigenvalue weighted by molar-refractivity contribution is -0.131. The van der Waals surface area contributed by atoms with Gasteiger partial charge in [0.2, 0.25) is 0 Å². The maximum atomic E-state index is 13.6. The molecule has 0 aliphatic heterocycles. The molecule has 3 rings (SSSR count). The van der Waals surface area contributed by atoms with Crippen LogP contribution in [0.15, 0.2) is 48.0 Å². The number of rotatable bonds is 6. The van der Waals surface area contributed by atoms with Crippen molar-refractivity contribution in [2.24, 2.45) is 5.41 Å². The molecular formula is C24H23ClO6. The number of hydrogen-bond donors (Lipinski definition) is 3. The number of carbonyl (C=O) groups is 3. The number of aliphatic hydroxyl groups excluding tert-OH is 1. The SMILES string of the molecule is CC(C)=CC[C@@H](O)C1(C(=O)Cc2ccc(Cl)cc2)CC(=O)c2c(O)ccc(O)c2C1=O. The van der Waals surface area contributed by atoms with Crippen molar-refractivity contribution >= 4 is 29.0 Å². The molecule has 0 aromatic heterocycles. The highest BCUT2D eigenvalue weighted by molar-refractivity contribution is 6.30. The van der Waals surface area contributed by atoms with Gasteiger partial charge < -0.3 is 15.3 Å². The zero-order valence-electron chi connectivity index (χ0n) is 17.2. The van der Waals surface area contributed by atoms with Gasteiger partial charge in [0, 0.05) is 17.9 Å². The van der Waals surface area contributed by atoms with Gasteiger partial charge in [-0.05, 0) is 50.1 Å². The fourth-order valence-corrected chi connectivity index (χ4v) is 4.04. The van der Waals surface area contributed by atoms with Gasteiger partial charge in [0.05, 0.1) is 17.2 Å². The summed E-state index contributed by atoms with van der Waals surface area (Å²) < 4.78 is 0. The third-order valence-electron chi connectivity index (χ3n) is 5.61. The van der Waals surface area contributed by atoms with Gasteiger partial charge in [-0.1, -0.05) is 35.4 Å². The summed E-state index contributed by atoms with van der Waals surface area (Å²) in [5, 5.41) is 31.9. The zero-order valence-corrected chi connectivity index (χ0v) is 17.9. The summed E-state index contributed by atoms with van der Waals surface area (Å²) >= 11 is 5.89. The summed E-state index contributed by atoms with van der Waals surface area (Å²) in [6.07, 6.45) is -0.648. The van der Waals surface area contributed by atoms with Gasteiger partial charge in [0.15, 0.2) is 17.3 Å². The molecule has 0 heterocycles. The molecule has 2 aromatic carbocycles. The van der Waals surface area contributed by atoms with Gasteiger partial charge in [-0.3, -0.25) is 14.4 Å². The average molecular weight is 443 g/mol. The van der Waals surface area contributed by atoms with Crippen LogP contribution in [0, 0.1) is 5.41 Å². The van der Waals surface area contributed by atoms with E-state index >= 15 is 0 Å². The number of Topliss-reactive ketones (excluding diaryl/α,β-unsaturated/α-hetero) is 3. The number of carbonyl (C=O) groups excluding carboxylic acids is 3. The van der Waals surface area contributed by atoms with E-state index in [1.807, 2.05) is 13.8 Å². The molecule has 0 saturated heterocycles. The summed E-state index contributed by atoms with van der Waals surface area (Å²) in [5.41, 5.74) is -1.41. The number of hydrogen-bond acceptors (Lipinski definition) is 6. The molecule has 1 aliphatic rings. The number of halogens is 1. The molecule has 7 heteroatoms. The maximum absolute atomic E-state index is 13.6. The Balaban J connectivity index is 2.14. The van der Waals surface area contributed by atoms with E-state index in [2.05, 4.69) is 0 Å². The van der Waals surface area contributed by atoms with E-state index in [9.17, 15) is 29.7 Å². The number of phenols is 2. The summed E-state index contributed by atoms with van der Waals surface area (Å²) in [7, 11) is 0. The molecule has 31 heavy (non-hydrogen) atoms. The second-order valence-corrected chi connectivity index (χ2v) is 8.45. The number of ketones is 3. The summed E-state index contributed by atoms with van der Waals surface area (Å²) in [6, 6.07) is 8.65. The highest BCUT2D eigenvalue weighted by atomic mass is 35.5. The molecule has 162 valence electrons. The Hall–Kier alpha value is -2.96. The van der Waals surface area contributed by atoms with E-state index in [4.69, 9.17) is 11.6 Å². The molecule has 0 radical (unpaired) electrons. The first-order valence-corrected chi connectivity index (χ1v) is 10.2. The smallest absolute Gasteiger partial charge is 0.184 e. The summed E-state index contributed by atoms with van der Waals surface area (Å²) in [5.74, 6) is -3.18. The number of aliphatic hydroxyl groups is 1. The van der Waals surface area contributed by atoms with Gasteiger partial charge >= 0.3 is 0 Å². The highest BCUT2D eigenvalue weighted by Gasteiger charge is 2.56. The van der Waals surface area contributed by atoms with Crippen molar-refractivity contribution in [2.45, 2.75) is 39.2 Å². The number of allylic oxidation sites excluding steroid dienone is 1. The minimum Gasteiger partial charge on any atom is -0.507 e. The molecule has 2 atom stereocenters. The minimum absolute atomic E-state index is 0.0252. The molecule has 6 nitrogen and oxygen atoms in total. The van der Waals surface area contributed by atoms with Crippen molar-refractivity contribution in [1.82, 2.24) is 0 Å². The molecule has 1 aliphatic carbocycles. The number of benzene rings is 2. The van der Waals surface area contributed by atoms with Gasteiger partial charge in [-0.2, -0.15) is 0 Å². The van der Waals surface area contributed by atoms with Gasteiger partial charge in [0.1, 0.15) is 16.9 Å². The summed E-state index contributed by atoms with van der Waals surface area (Å²) in [6.45, 7) is 3.61. The lowest BCUT2D eigenvalue weighted by Crippen LogP contribution is -2.53. The molecule has 0 saturated carbocycles. The van der Waals surface area contributed by atoms with Crippen LogP contribution in [0.2, 0.25) is 5.02 Å². The fourth-order valence-electron chi connectivity index (χ4n) is 3.91. The monoisotopic (exact) mass is 442 g/mol. The van der Waals surface area contributed by atoms with E-state index in [0.29, 0.717) is 10.6 Å². The average Bonchev–Trinajstić information content (AvgIpc) is 2.72. The molecule has 0 fully saturated rings. The lowest BCUT2D eigenvalue weighted by atomic mass is 9.62. The standard InChI is InChI=1S/C24H23ClO6/c1-13(2)3-10-19(29)24(20(30)11-14-4-6-15(25)7-5-14)12-18(28)21-16(26)8-9-17(27)22(21)23(24)31/h3-9,19,26-27,29H,10-12H2,1-2H3/t19-,24?/m1/s1. The van der Waals surface area contributed by atoms with Crippen molar-refractivity contribution in [3.8, 4) is 11.5 Å². The van der Waals surface area contributed by atoms with Crippen LogP contribution in [0.25, 0.3) is 0 Å². The highest BCUT2D eigenvalue weighted by Crippen LogP contribution is 2.46. The number of phenolic OH excluding ortho intramolecular Hbond substituents is 2. The van der Waals surface area contributed by atoms with Gasteiger partial charge in [-0.25, -0.2) is 0 Å². The molecule has 1 unspecified atom stereocenters. The van der Waals surface area contributed by atoms with E-state index in [1.54, 1.807) is 30.3 Å². The van der Waals surface area contributed by atoms with E-state index in [1.165, 1.54) is 0 Å². The van der Waals surface area contributed by atoms with Crippen molar-refractivity contribution in [1.29, 1.82) is 0 Å². The maximum Gasteiger partial charge on any atom is 0.184 e. The predicted molar refractivity (Wildman–Crippen MR) is 116 cm³/mol. The Bertz CT molecular complexity index is 1080. The first-order valence-electron chi connectivity index (χ1n) is 9.80. The second-order valence-electron chi connectivity index (χ2n) is 8.01. The van der Waals surface area contributed by atoms with Crippen molar-refractivity contribution in [3.63, 3.8) is 0 Å². The second kappa shape index (κ2) is 8.65. The molecule has 0 bridgehead atoms. The topological polar surface area (TPSA) is 112 Å². The van der Waals surface area contributed by atoms with Crippen LogP contribution in [0.5, 0.6) is 11.5 Å². The minimum atomic E-state index is -2.08. The van der Waals surface area contributed by atoms with Gasteiger partial charge in [-0.15, -0.1) is 0 Å². The van der Waals surface area contributed by atoms with Crippen LogP contribution in [0.4, 0.5) is 0 Å². The zero-order chi connectivity index (χ0) is 22.9. The number of fused-ring (bicyclic) bond motifs is 1. The first-order chi connectivity index (χ1) is 14.6. The quantitative estimate of drug-likeness (QED) is 0.353. The fraction of sp³-hybridized carbons (Fsp3) is 0.292. The Morgan fingerprint density at radius 2 is 1.65 bits per heavy atom. The van der Waals surface area contributed by atoms with Crippen LogP contribution in [0.1, 0.15) is 53.0 Å². The van der Waals surface area contributed by atoms with Crippen LogP contribution < -0.4 is 0 Å². The molecular weight excluding hydrogens is 420 g/mol. The third kappa shape index (κ3) is 4.13. The first kappa shape index (κ1) is 22.7. The predicted octanol–water partition coefficient (Wildman–Crippen LogP) is 4.04. The summed E-state index contributed by atoms with van der Waals surface area (Å²) in [4.78, 5) is 40.0. The largest absolute Gasteiger partial charge is 0.507 e. The molecule has 2 aromatic rings. The van der Waals surface area contributed by atoms with Gasteiger partial charge in [0.25, 0.3) is 0 Å². The van der Waals surface area contributed by atoms with E-state index in [0.717, 1.165) is 17.7 Å². The van der Waals surface area contributed by atoms with E-state index < -0.39 is 52.4 Å². The molecule has 3 N–H and O–H groups in total. The van der Waals surface area contributed by atoms with Crippen LogP contribution in [-0.2, 0) is 11.2 Å². The number of aromatic hydroxyl groups is 2. The van der Waals surface area contributed by atoms with Crippen LogP contribution in [-0.4, -0.2) is 38.8 Å².